The highest BCUT2D eigenvalue weighted by Gasteiger charge is 2.41. The topological polar surface area (TPSA) is 73.1 Å². The molecule has 2 unspecified atom stereocenters. The van der Waals surface area contributed by atoms with E-state index in [1.165, 1.54) is 0 Å². The summed E-state index contributed by atoms with van der Waals surface area (Å²) in [6.07, 6.45) is 1.78. The molecule has 160 valence electrons. The van der Waals surface area contributed by atoms with Crippen LogP contribution < -0.4 is 15.5 Å². The molecule has 1 aromatic carbocycles. The number of halogens is 1. The van der Waals surface area contributed by atoms with Crippen LogP contribution in [-0.4, -0.2) is 21.0 Å². The summed E-state index contributed by atoms with van der Waals surface area (Å²) in [6, 6.07) is 15.3. The van der Waals surface area contributed by atoms with Crippen LogP contribution in [0.4, 0.5) is 11.4 Å². The highest BCUT2D eigenvalue weighted by molar-refractivity contribution is 7.80. The molecular weight excluding hydrogens is 430 g/mol. The van der Waals surface area contributed by atoms with Gasteiger partial charge in [0.05, 0.1) is 22.4 Å². The third kappa shape index (κ3) is 4.29. The van der Waals surface area contributed by atoms with E-state index in [2.05, 4.69) is 26.7 Å². The first kappa shape index (κ1) is 21.3. The minimum Gasteiger partial charge on any atom is -0.361 e. The van der Waals surface area contributed by atoms with Crippen LogP contribution in [0.15, 0.2) is 54.7 Å². The van der Waals surface area contributed by atoms with E-state index in [0.717, 1.165) is 22.8 Å². The maximum atomic E-state index is 12.1. The van der Waals surface area contributed by atoms with Gasteiger partial charge in [0, 0.05) is 29.2 Å². The van der Waals surface area contributed by atoms with Crippen LogP contribution in [0, 0.1) is 12.8 Å². The predicted octanol–water partition coefficient (Wildman–Crippen LogP) is 5.14. The number of anilines is 2. The zero-order valence-electron chi connectivity index (χ0n) is 17.5. The van der Waals surface area contributed by atoms with Crippen molar-refractivity contribution in [1.29, 1.82) is 0 Å². The van der Waals surface area contributed by atoms with E-state index in [0.29, 0.717) is 15.8 Å². The van der Waals surface area contributed by atoms with Gasteiger partial charge in [0.1, 0.15) is 6.04 Å². The van der Waals surface area contributed by atoms with Gasteiger partial charge in [-0.2, -0.15) is 0 Å². The number of pyridine rings is 1. The van der Waals surface area contributed by atoms with Crippen molar-refractivity contribution in [2.75, 3.05) is 10.2 Å². The van der Waals surface area contributed by atoms with E-state index in [1.54, 1.807) is 6.20 Å². The highest BCUT2D eigenvalue weighted by atomic mass is 35.5. The van der Waals surface area contributed by atoms with Crippen molar-refractivity contribution in [2.45, 2.75) is 32.9 Å². The zero-order valence-corrected chi connectivity index (χ0v) is 19.1. The van der Waals surface area contributed by atoms with Gasteiger partial charge in [0.25, 0.3) is 0 Å². The van der Waals surface area contributed by atoms with Crippen molar-refractivity contribution in [3.63, 3.8) is 0 Å². The average Bonchev–Trinajstić information content (AvgIpc) is 3.32. The Morgan fingerprint density at radius 3 is 2.65 bits per heavy atom. The molecule has 4 rings (SSSR count). The molecule has 3 aromatic rings. The molecule has 0 aliphatic carbocycles. The first-order chi connectivity index (χ1) is 14.8. The van der Waals surface area contributed by atoms with E-state index in [9.17, 15) is 4.79 Å². The molecule has 8 heteroatoms. The first-order valence-corrected chi connectivity index (χ1v) is 10.9. The lowest BCUT2D eigenvalue weighted by Crippen LogP contribution is -2.29. The van der Waals surface area contributed by atoms with Gasteiger partial charge in [-0.25, -0.2) is 0 Å². The standard InChI is InChI=1S/C23H24ClN5OS/c1-13(2)22(30)27-17-10-8-15(12-16(17)24)29-21(19-9-7-14(3)26-19)20(28-23(29)31)18-6-4-5-11-25-18/h4-13,20-21,26H,1-3H3,(H,27,30)(H,28,31). The highest BCUT2D eigenvalue weighted by Crippen LogP contribution is 2.42. The second-order valence-corrected chi connectivity index (χ2v) is 8.70. The molecule has 1 aliphatic heterocycles. The number of rotatable bonds is 5. The average molecular weight is 454 g/mol. The molecule has 3 N–H and O–H groups in total. The van der Waals surface area contributed by atoms with Crippen LogP contribution in [-0.2, 0) is 4.79 Å². The molecule has 1 amide bonds. The monoisotopic (exact) mass is 453 g/mol. The third-order valence-electron chi connectivity index (χ3n) is 5.28. The van der Waals surface area contributed by atoms with E-state index in [4.69, 9.17) is 23.8 Å². The fourth-order valence-corrected chi connectivity index (χ4v) is 4.25. The van der Waals surface area contributed by atoms with Crippen LogP contribution in [0.1, 0.15) is 43.0 Å². The predicted molar refractivity (Wildman–Crippen MR) is 128 cm³/mol. The van der Waals surface area contributed by atoms with Gasteiger partial charge in [-0.15, -0.1) is 0 Å². The van der Waals surface area contributed by atoms with Crippen LogP contribution in [0.2, 0.25) is 5.02 Å². The second kappa shape index (κ2) is 8.69. The Kier molecular flexibility index (Phi) is 5.98. The molecule has 6 nitrogen and oxygen atoms in total. The number of thiocarbonyl (C=S) groups is 1. The fraction of sp³-hybridized carbons (Fsp3) is 0.261. The summed E-state index contributed by atoms with van der Waals surface area (Å²) < 4.78 is 0. The van der Waals surface area contributed by atoms with Crippen LogP contribution in [0.3, 0.4) is 0 Å². The quantitative estimate of drug-likeness (QED) is 0.466. The lowest BCUT2D eigenvalue weighted by molar-refractivity contribution is -0.118. The van der Waals surface area contributed by atoms with Crippen LogP contribution in [0.25, 0.3) is 0 Å². The van der Waals surface area contributed by atoms with Crippen molar-refractivity contribution in [2.24, 2.45) is 5.92 Å². The molecule has 0 saturated carbocycles. The number of H-pyrrole nitrogens is 1. The number of nitrogens with zero attached hydrogens (tertiary/aromatic N) is 2. The fourth-order valence-electron chi connectivity index (χ4n) is 3.68. The van der Waals surface area contributed by atoms with E-state index in [1.807, 2.05) is 68.1 Å². The summed E-state index contributed by atoms with van der Waals surface area (Å²) in [5, 5.41) is 7.33. The van der Waals surface area contributed by atoms with Gasteiger partial charge in [-0.3, -0.25) is 9.78 Å². The Hall–Kier alpha value is -2.90. The van der Waals surface area contributed by atoms with E-state index in [-0.39, 0.29) is 23.9 Å². The Balaban J connectivity index is 1.73. The number of hydrogen-bond acceptors (Lipinski definition) is 3. The van der Waals surface area contributed by atoms with E-state index >= 15 is 0 Å². The molecule has 31 heavy (non-hydrogen) atoms. The summed E-state index contributed by atoms with van der Waals surface area (Å²) in [5.74, 6) is -0.214. The summed E-state index contributed by atoms with van der Waals surface area (Å²) in [6.45, 7) is 5.70. The Morgan fingerprint density at radius 2 is 2.03 bits per heavy atom. The summed E-state index contributed by atoms with van der Waals surface area (Å²) in [4.78, 5) is 22.1. The molecule has 2 atom stereocenters. The molecule has 1 saturated heterocycles. The number of hydrogen-bond donors (Lipinski definition) is 3. The van der Waals surface area contributed by atoms with Crippen molar-refractivity contribution in [3.05, 3.63) is 76.8 Å². The molecule has 1 fully saturated rings. The van der Waals surface area contributed by atoms with Crippen molar-refractivity contribution in [1.82, 2.24) is 15.3 Å². The molecule has 2 aromatic heterocycles. The van der Waals surface area contributed by atoms with Crippen molar-refractivity contribution >= 4 is 46.2 Å². The molecular formula is C23H24ClN5OS. The molecule has 1 aliphatic rings. The van der Waals surface area contributed by atoms with Gasteiger partial charge in [0.15, 0.2) is 5.11 Å². The number of amides is 1. The number of aryl methyl sites for hydroxylation is 1. The van der Waals surface area contributed by atoms with E-state index < -0.39 is 0 Å². The Bertz CT molecular complexity index is 1110. The summed E-state index contributed by atoms with van der Waals surface area (Å²) in [5.41, 5.74) is 4.40. The lowest BCUT2D eigenvalue weighted by Gasteiger charge is -2.27. The molecule has 0 bridgehead atoms. The number of aromatic nitrogens is 2. The van der Waals surface area contributed by atoms with Gasteiger partial charge < -0.3 is 20.5 Å². The van der Waals surface area contributed by atoms with Crippen molar-refractivity contribution in [3.8, 4) is 0 Å². The van der Waals surface area contributed by atoms with Gasteiger partial charge >= 0.3 is 0 Å². The smallest absolute Gasteiger partial charge is 0.226 e. The number of nitrogens with one attached hydrogen (secondary N) is 3. The normalized spacial score (nSPS) is 18.4. The Morgan fingerprint density at radius 1 is 1.23 bits per heavy atom. The maximum Gasteiger partial charge on any atom is 0.226 e. The largest absolute Gasteiger partial charge is 0.361 e. The number of aromatic amines is 1. The first-order valence-electron chi connectivity index (χ1n) is 10.1. The number of carbonyl (C=O) groups excluding carboxylic acids is 1. The number of benzene rings is 1. The van der Waals surface area contributed by atoms with Gasteiger partial charge in [-0.05, 0) is 61.6 Å². The van der Waals surface area contributed by atoms with Gasteiger partial charge in [0.2, 0.25) is 5.91 Å². The second-order valence-electron chi connectivity index (χ2n) is 7.90. The zero-order chi connectivity index (χ0) is 22.1. The number of carbonyl (C=O) groups is 1. The lowest BCUT2D eigenvalue weighted by atomic mass is 10.0. The SMILES string of the molecule is Cc1ccc(C2C(c3ccccn3)NC(=S)N2c2ccc(NC(=O)C(C)C)c(Cl)c2)[nH]1. The van der Waals surface area contributed by atoms with Crippen LogP contribution >= 0.6 is 23.8 Å². The summed E-state index contributed by atoms with van der Waals surface area (Å²) >= 11 is 12.3. The molecule has 3 heterocycles. The minimum absolute atomic E-state index is 0.0806. The molecule has 0 spiro atoms. The third-order valence-corrected chi connectivity index (χ3v) is 5.91. The van der Waals surface area contributed by atoms with Crippen LogP contribution in [0.5, 0.6) is 0 Å². The minimum atomic E-state index is -0.136. The maximum absolute atomic E-state index is 12.1. The van der Waals surface area contributed by atoms with Gasteiger partial charge in [-0.1, -0.05) is 31.5 Å². The Labute approximate surface area is 192 Å². The summed E-state index contributed by atoms with van der Waals surface area (Å²) in [7, 11) is 0. The van der Waals surface area contributed by atoms with Crippen molar-refractivity contribution < 1.29 is 4.79 Å². The molecule has 0 radical (unpaired) electrons.